The predicted molar refractivity (Wildman–Crippen MR) is 62.6 cm³/mol. The summed E-state index contributed by atoms with van der Waals surface area (Å²) >= 11 is -0.978. The van der Waals surface area contributed by atoms with Crippen molar-refractivity contribution in [3.05, 3.63) is 29.2 Å². The molecule has 0 heterocycles. The molecule has 1 rings (SSSR count). The van der Waals surface area contributed by atoms with Crippen LogP contribution in [-0.4, -0.2) is 25.0 Å². The average Bonchev–Trinajstić information content (AvgIpc) is 2.25. The molecule has 0 spiro atoms. The highest BCUT2D eigenvalue weighted by atomic mass is 32.2. The van der Waals surface area contributed by atoms with Gasteiger partial charge in [-0.25, -0.2) is 0 Å². The Morgan fingerprint density at radius 1 is 1.20 bits per heavy atom. The van der Waals surface area contributed by atoms with Crippen LogP contribution in [0.15, 0.2) is 23.6 Å². The summed E-state index contributed by atoms with van der Waals surface area (Å²) in [5, 5.41) is 1.60. The fraction of sp³-hybridized carbons (Fsp3) is 0.273. The molecule has 0 saturated heterocycles. The fourth-order valence-electron chi connectivity index (χ4n) is 1.21. The second-order valence-electron chi connectivity index (χ2n) is 2.88. The fourth-order valence-corrected chi connectivity index (χ4v) is 1.54. The monoisotopic (exact) mass is 226 g/mol. The Kier molecular flexibility index (Phi) is 4.52. The maximum Gasteiger partial charge on any atom is 0.129 e. The molecule has 0 radical (unpaired) electrons. The predicted octanol–water partition coefficient (Wildman–Crippen LogP) is 2.05. The molecule has 1 unspecified atom stereocenters. The van der Waals surface area contributed by atoms with Gasteiger partial charge in [-0.1, -0.05) is 6.07 Å². The minimum absolute atomic E-state index is 0.705. The summed E-state index contributed by atoms with van der Waals surface area (Å²) in [7, 11) is 3.18. The van der Waals surface area contributed by atoms with Crippen molar-refractivity contribution in [2.45, 2.75) is 0 Å². The highest BCUT2D eigenvalue weighted by Gasteiger charge is 2.06. The van der Waals surface area contributed by atoms with Crippen molar-refractivity contribution in [2.75, 3.05) is 20.5 Å². The first-order chi connectivity index (χ1) is 7.19. The van der Waals surface area contributed by atoms with Gasteiger partial charge in [-0.2, -0.15) is 0 Å². The van der Waals surface area contributed by atoms with E-state index in [1.54, 1.807) is 32.0 Å². The quantitative estimate of drug-likeness (QED) is 0.738. The number of hydrogen-bond acceptors (Lipinski definition) is 3. The molecule has 1 aromatic rings. The van der Waals surface area contributed by atoms with Gasteiger partial charge in [-0.15, -0.1) is 0 Å². The number of hydrogen-bond donors (Lipinski definition) is 0. The summed E-state index contributed by atoms with van der Waals surface area (Å²) in [6.07, 6.45) is 3.35. The SMILES string of the molecule is COc1cccc(OC)c1C=C[S+](C)[O-]. The number of ether oxygens (including phenoxy) is 2. The van der Waals surface area contributed by atoms with E-state index >= 15 is 0 Å². The molecule has 1 aromatic carbocycles. The number of benzene rings is 1. The highest BCUT2D eigenvalue weighted by molar-refractivity contribution is 7.93. The van der Waals surface area contributed by atoms with Crippen LogP contribution in [0.5, 0.6) is 11.5 Å². The molecule has 0 bridgehead atoms. The Bertz CT molecular complexity index is 325. The highest BCUT2D eigenvalue weighted by Crippen LogP contribution is 2.29. The Morgan fingerprint density at radius 3 is 2.13 bits per heavy atom. The third-order valence-electron chi connectivity index (χ3n) is 1.89. The van der Waals surface area contributed by atoms with Crippen LogP contribution < -0.4 is 9.47 Å². The first kappa shape index (κ1) is 11.9. The third-order valence-corrected chi connectivity index (χ3v) is 2.41. The number of methoxy groups -OCH3 is 2. The molecule has 0 saturated carbocycles. The molecule has 0 N–H and O–H groups in total. The molecule has 1 atom stereocenters. The lowest BCUT2D eigenvalue weighted by atomic mass is 10.2. The number of rotatable bonds is 4. The Morgan fingerprint density at radius 2 is 1.73 bits per heavy atom. The van der Waals surface area contributed by atoms with Crippen molar-refractivity contribution in [1.82, 2.24) is 0 Å². The van der Waals surface area contributed by atoms with Gasteiger partial charge >= 0.3 is 0 Å². The van der Waals surface area contributed by atoms with Gasteiger partial charge in [0.2, 0.25) is 0 Å². The van der Waals surface area contributed by atoms with Crippen LogP contribution in [0.3, 0.4) is 0 Å². The van der Waals surface area contributed by atoms with E-state index in [4.69, 9.17) is 9.47 Å². The van der Waals surface area contributed by atoms with Crippen molar-refractivity contribution in [1.29, 1.82) is 0 Å². The van der Waals surface area contributed by atoms with Gasteiger partial charge in [0, 0.05) is 6.08 Å². The van der Waals surface area contributed by atoms with Crippen LogP contribution in [0.4, 0.5) is 0 Å². The Hall–Kier alpha value is -1.13. The average molecular weight is 226 g/mol. The zero-order chi connectivity index (χ0) is 11.3. The van der Waals surface area contributed by atoms with Gasteiger partial charge in [-0.3, -0.25) is 0 Å². The van der Waals surface area contributed by atoms with Crippen LogP contribution in [-0.2, 0) is 11.2 Å². The Labute approximate surface area is 92.9 Å². The lowest BCUT2D eigenvalue weighted by Crippen LogP contribution is -1.93. The van der Waals surface area contributed by atoms with E-state index in [0.29, 0.717) is 11.5 Å². The summed E-state index contributed by atoms with van der Waals surface area (Å²) in [4.78, 5) is 0. The molecular weight excluding hydrogens is 212 g/mol. The van der Waals surface area contributed by atoms with E-state index in [9.17, 15) is 4.55 Å². The third kappa shape index (κ3) is 3.18. The van der Waals surface area contributed by atoms with E-state index in [1.807, 2.05) is 18.2 Å². The molecule has 82 valence electrons. The second kappa shape index (κ2) is 5.68. The molecule has 0 aliphatic carbocycles. The molecule has 4 heteroatoms. The maximum absolute atomic E-state index is 11.0. The summed E-state index contributed by atoms with van der Waals surface area (Å²) in [5.74, 6) is 1.41. The summed E-state index contributed by atoms with van der Waals surface area (Å²) in [5.41, 5.74) is 0.803. The smallest absolute Gasteiger partial charge is 0.129 e. The summed E-state index contributed by atoms with van der Waals surface area (Å²) in [6, 6.07) is 5.51. The second-order valence-corrected chi connectivity index (χ2v) is 4.15. The van der Waals surface area contributed by atoms with Crippen LogP contribution in [0.25, 0.3) is 6.08 Å². The zero-order valence-electron chi connectivity index (χ0n) is 9.02. The molecule has 0 fully saturated rings. The van der Waals surface area contributed by atoms with Gasteiger partial charge in [-0.05, 0) is 23.3 Å². The topological polar surface area (TPSA) is 41.5 Å². The Balaban J connectivity index is 3.10. The van der Waals surface area contributed by atoms with E-state index < -0.39 is 11.2 Å². The first-order valence-corrected chi connectivity index (χ1v) is 6.02. The summed E-state index contributed by atoms with van der Waals surface area (Å²) < 4.78 is 21.3. The van der Waals surface area contributed by atoms with Crippen molar-refractivity contribution in [3.8, 4) is 11.5 Å². The van der Waals surface area contributed by atoms with Gasteiger partial charge in [0.1, 0.15) is 16.9 Å². The summed E-state index contributed by atoms with van der Waals surface area (Å²) in [6.45, 7) is 0. The standard InChI is InChI=1S/C11H14O3S/c1-13-10-5-4-6-11(14-2)9(10)7-8-15(3)12/h4-8H,1-3H3. The molecule has 3 nitrogen and oxygen atoms in total. The van der Waals surface area contributed by atoms with Crippen molar-refractivity contribution in [3.63, 3.8) is 0 Å². The normalized spacial score (nSPS) is 12.8. The van der Waals surface area contributed by atoms with Gasteiger partial charge in [0.25, 0.3) is 0 Å². The molecule has 0 aliphatic rings. The van der Waals surface area contributed by atoms with Crippen molar-refractivity contribution >= 4 is 17.3 Å². The van der Waals surface area contributed by atoms with E-state index in [2.05, 4.69) is 0 Å². The maximum atomic E-state index is 11.0. The van der Waals surface area contributed by atoms with Crippen LogP contribution in [0.1, 0.15) is 5.56 Å². The van der Waals surface area contributed by atoms with Gasteiger partial charge < -0.3 is 14.0 Å². The lowest BCUT2D eigenvalue weighted by Gasteiger charge is -2.09. The zero-order valence-corrected chi connectivity index (χ0v) is 9.84. The minimum atomic E-state index is -0.978. The van der Waals surface area contributed by atoms with Crippen LogP contribution in [0, 0.1) is 0 Å². The van der Waals surface area contributed by atoms with E-state index in [-0.39, 0.29) is 0 Å². The van der Waals surface area contributed by atoms with E-state index in [0.717, 1.165) is 5.56 Å². The van der Waals surface area contributed by atoms with Gasteiger partial charge in [0.05, 0.1) is 26.0 Å². The van der Waals surface area contributed by atoms with Gasteiger partial charge in [0.15, 0.2) is 0 Å². The van der Waals surface area contributed by atoms with Crippen LogP contribution >= 0.6 is 0 Å². The molecule has 0 amide bonds. The van der Waals surface area contributed by atoms with Crippen molar-refractivity contribution < 1.29 is 14.0 Å². The first-order valence-electron chi connectivity index (χ1n) is 4.40. The minimum Gasteiger partial charge on any atom is -0.612 e. The largest absolute Gasteiger partial charge is 0.612 e. The molecule has 0 aromatic heterocycles. The molecule has 0 aliphatic heterocycles. The lowest BCUT2D eigenvalue weighted by molar-refractivity contribution is 0.392. The molecule has 15 heavy (non-hydrogen) atoms. The van der Waals surface area contributed by atoms with Crippen molar-refractivity contribution in [2.24, 2.45) is 0 Å². The van der Waals surface area contributed by atoms with Crippen LogP contribution in [0.2, 0.25) is 0 Å². The van der Waals surface area contributed by atoms with E-state index in [1.165, 1.54) is 0 Å². The molecular formula is C11H14O3S.